The van der Waals surface area contributed by atoms with Gasteiger partial charge < -0.3 is 5.11 Å². The summed E-state index contributed by atoms with van der Waals surface area (Å²) in [6.45, 7) is 0. The molecular formula is C24H15N5O3. The van der Waals surface area contributed by atoms with Gasteiger partial charge in [0.2, 0.25) is 5.78 Å². The monoisotopic (exact) mass is 421 g/mol. The van der Waals surface area contributed by atoms with Crippen molar-refractivity contribution in [3.05, 3.63) is 84.4 Å². The number of rotatable bonds is 3. The molecule has 1 N–H and O–H groups in total. The number of benzene rings is 1. The topological polar surface area (TPSA) is 118 Å². The lowest BCUT2D eigenvalue weighted by molar-refractivity contribution is 0.0957. The highest BCUT2D eigenvalue weighted by molar-refractivity contribution is 6.52. The third-order valence-corrected chi connectivity index (χ3v) is 4.89. The van der Waals surface area contributed by atoms with Crippen molar-refractivity contribution in [3.8, 4) is 28.5 Å². The molecule has 0 atom stereocenters. The molecule has 0 saturated carbocycles. The maximum absolute atomic E-state index is 13.2. The number of pyridine rings is 2. The third kappa shape index (κ3) is 3.54. The molecule has 3 aromatic heterocycles. The predicted molar refractivity (Wildman–Crippen MR) is 117 cm³/mol. The summed E-state index contributed by atoms with van der Waals surface area (Å²) in [5, 5.41) is 9.45. The van der Waals surface area contributed by atoms with E-state index in [2.05, 4.69) is 24.9 Å². The van der Waals surface area contributed by atoms with E-state index in [1.54, 1.807) is 60.9 Å². The van der Waals surface area contributed by atoms with Crippen molar-refractivity contribution in [2.45, 2.75) is 6.42 Å². The third-order valence-electron chi connectivity index (χ3n) is 4.89. The van der Waals surface area contributed by atoms with Crippen molar-refractivity contribution in [2.75, 3.05) is 0 Å². The number of phenols is 1. The highest BCUT2D eigenvalue weighted by atomic mass is 16.3. The first-order chi connectivity index (χ1) is 15.6. The second-order valence-electron chi connectivity index (χ2n) is 7.05. The van der Waals surface area contributed by atoms with Crippen molar-refractivity contribution in [1.29, 1.82) is 0 Å². The molecule has 154 valence electrons. The van der Waals surface area contributed by atoms with E-state index in [-0.39, 0.29) is 35.1 Å². The fourth-order valence-electron chi connectivity index (χ4n) is 3.38. The lowest BCUT2D eigenvalue weighted by Crippen LogP contribution is -2.30. The maximum atomic E-state index is 13.2. The number of hydrogen-bond acceptors (Lipinski definition) is 8. The van der Waals surface area contributed by atoms with Gasteiger partial charge in [0, 0.05) is 12.4 Å². The smallest absolute Gasteiger partial charge is 0.228 e. The van der Waals surface area contributed by atoms with Crippen LogP contribution in [0.3, 0.4) is 0 Å². The minimum absolute atomic E-state index is 0.00000898. The normalized spacial score (nSPS) is 14.4. The maximum Gasteiger partial charge on any atom is 0.228 e. The molecule has 0 spiro atoms. The number of phenolic OH excluding ortho intramolecular Hbond substituents is 1. The molecule has 1 aliphatic rings. The molecule has 0 bridgehead atoms. The predicted octanol–water partition coefficient (Wildman–Crippen LogP) is 3.85. The molecule has 8 heteroatoms. The van der Waals surface area contributed by atoms with Crippen molar-refractivity contribution < 1.29 is 14.7 Å². The van der Waals surface area contributed by atoms with Gasteiger partial charge in [0.05, 0.1) is 29.2 Å². The highest BCUT2D eigenvalue weighted by Gasteiger charge is 2.34. The lowest BCUT2D eigenvalue weighted by Gasteiger charge is -2.17. The van der Waals surface area contributed by atoms with Crippen LogP contribution in [0.4, 0.5) is 5.69 Å². The largest absolute Gasteiger partial charge is 0.508 e. The van der Waals surface area contributed by atoms with Gasteiger partial charge in [0.25, 0.3) is 0 Å². The molecule has 0 radical (unpaired) electrons. The number of aliphatic imine (C=N–C) groups is 1. The molecule has 8 nitrogen and oxygen atoms in total. The summed E-state index contributed by atoms with van der Waals surface area (Å²) in [7, 11) is 0. The Morgan fingerprint density at radius 3 is 1.88 bits per heavy atom. The van der Waals surface area contributed by atoms with Gasteiger partial charge in [-0.05, 0) is 48.5 Å². The van der Waals surface area contributed by atoms with E-state index in [0.29, 0.717) is 28.5 Å². The number of carbonyl (C=O) groups excluding carboxylic acids is 2. The van der Waals surface area contributed by atoms with Crippen molar-refractivity contribution in [1.82, 2.24) is 19.9 Å². The summed E-state index contributed by atoms with van der Waals surface area (Å²) >= 11 is 0. The van der Waals surface area contributed by atoms with E-state index in [1.807, 2.05) is 0 Å². The molecule has 32 heavy (non-hydrogen) atoms. The van der Waals surface area contributed by atoms with Crippen molar-refractivity contribution in [3.63, 3.8) is 0 Å². The quantitative estimate of drug-likeness (QED) is 0.534. The zero-order valence-electron chi connectivity index (χ0n) is 16.6. The molecule has 0 saturated heterocycles. The SMILES string of the molecule is O=C1CC(=Nc2ccc(O)cc2)C(=O)c2nc(-c3ccccn3)c(-c3ccccn3)nc21. The van der Waals surface area contributed by atoms with Crippen LogP contribution in [0.15, 0.2) is 78.0 Å². The summed E-state index contributed by atoms with van der Waals surface area (Å²) in [4.78, 5) is 48.2. The van der Waals surface area contributed by atoms with Gasteiger partial charge in [-0.15, -0.1) is 0 Å². The van der Waals surface area contributed by atoms with E-state index >= 15 is 0 Å². The van der Waals surface area contributed by atoms with Crippen molar-refractivity contribution >= 4 is 23.0 Å². The Kier molecular flexibility index (Phi) is 4.79. The van der Waals surface area contributed by atoms with Gasteiger partial charge in [-0.25, -0.2) is 15.0 Å². The number of nitrogens with zero attached hydrogens (tertiary/aromatic N) is 5. The Hall–Kier alpha value is -4.59. The average Bonchev–Trinajstić information content (AvgIpc) is 2.84. The number of aromatic hydroxyl groups is 1. The molecule has 1 aromatic carbocycles. The molecule has 0 fully saturated rings. The first kappa shape index (κ1) is 19.4. The van der Waals surface area contributed by atoms with Crippen LogP contribution in [0.5, 0.6) is 5.75 Å². The van der Waals surface area contributed by atoms with Crippen LogP contribution in [0.1, 0.15) is 27.4 Å². The molecule has 4 aromatic rings. The highest BCUT2D eigenvalue weighted by Crippen LogP contribution is 2.30. The zero-order valence-corrected chi connectivity index (χ0v) is 16.6. The number of Topliss-reactive ketones (excluding diaryl/α,β-unsaturated/α-hetero) is 2. The van der Waals surface area contributed by atoms with Crippen LogP contribution < -0.4 is 0 Å². The Morgan fingerprint density at radius 1 is 0.719 bits per heavy atom. The Labute approximate surface area is 182 Å². The second kappa shape index (κ2) is 7.92. The zero-order chi connectivity index (χ0) is 22.1. The van der Waals surface area contributed by atoms with Gasteiger partial charge in [-0.2, -0.15) is 0 Å². The summed E-state index contributed by atoms with van der Waals surface area (Å²) in [6.07, 6.45) is 3.05. The number of carbonyl (C=O) groups is 2. The van der Waals surface area contributed by atoms with Gasteiger partial charge in [-0.1, -0.05) is 12.1 Å². The first-order valence-corrected chi connectivity index (χ1v) is 9.79. The minimum Gasteiger partial charge on any atom is -0.508 e. The molecule has 5 rings (SSSR count). The molecule has 3 heterocycles. The Balaban J connectivity index is 1.68. The Morgan fingerprint density at radius 2 is 1.31 bits per heavy atom. The van der Waals surface area contributed by atoms with Crippen LogP contribution >= 0.6 is 0 Å². The first-order valence-electron chi connectivity index (χ1n) is 9.79. The fourth-order valence-corrected chi connectivity index (χ4v) is 3.38. The fraction of sp³-hybridized carbons (Fsp3) is 0.0417. The van der Waals surface area contributed by atoms with E-state index in [0.717, 1.165) is 0 Å². The number of aromatic nitrogens is 4. The molecule has 0 unspecified atom stereocenters. The summed E-state index contributed by atoms with van der Waals surface area (Å²) in [6, 6.07) is 16.7. The van der Waals surface area contributed by atoms with Crippen LogP contribution in [0.2, 0.25) is 0 Å². The standard InChI is InChI=1S/C24H15N5O3/c30-15-9-7-14(8-10-15)27-18-13-19(31)22-23(24(18)32)29-21(17-6-2-4-12-26-17)20(28-22)16-5-1-3-11-25-16/h1-12,30H,13H2. The molecule has 0 amide bonds. The second-order valence-corrected chi connectivity index (χ2v) is 7.05. The van der Waals surface area contributed by atoms with Crippen LogP contribution in [-0.4, -0.2) is 42.3 Å². The molecule has 0 aliphatic heterocycles. The molecular weight excluding hydrogens is 406 g/mol. The lowest BCUT2D eigenvalue weighted by atomic mass is 9.94. The Bertz CT molecular complexity index is 1370. The van der Waals surface area contributed by atoms with E-state index in [1.165, 1.54) is 12.1 Å². The summed E-state index contributed by atoms with van der Waals surface area (Å²) in [5.41, 5.74) is 2.22. The summed E-state index contributed by atoms with van der Waals surface area (Å²) < 4.78 is 0. The molecule has 1 aliphatic carbocycles. The number of ketones is 2. The average molecular weight is 421 g/mol. The van der Waals surface area contributed by atoms with Gasteiger partial charge >= 0.3 is 0 Å². The minimum atomic E-state index is -0.468. The van der Waals surface area contributed by atoms with E-state index in [4.69, 9.17) is 0 Å². The van der Waals surface area contributed by atoms with Crippen LogP contribution in [0, 0.1) is 0 Å². The van der Waals surface area contributed by atoms with Crippen LogP contribution in [-0.2, 0) is 0 Å². The summed E-state index contributed by atoms with van der Waals surface area (Å²) in [5.74, 6) is -0.738. The van der Waals surface area contributed by atoms with Gasteiger partial charge in [0.15, 0.2) is 5.78 Å². The number of fused-ring (bicyclic) bond motifs is 1. The number of hydrogen-bond donors (Lipinski definition) is 1. The van der Waals surface area contributed by atoms with Crippen molar-refractivity contribution in [2.24, 2.45) is 4.99 Å². The van der Waals surface area contributed by atoms with Gasteiger partial charge in [-0.3, -0.25) is 19.6 Å². The van der Waals surface area contributed by atoms with E-state index in [9.17, 15) is 14.7 Å². The van der Waals surface area contributed by atoms with E-state index < -0.39 is 5.78 Å². The van der Waals surface area contributed by atoms with Crippen LogP contribution in [0.25, 0.3) is 22.8 Å². The van der Waals surface area contributed by atoms with Gasteiger partial charge in [0.1, 0.15) is 28.5 Å².